The fraction of sp³-hybridized carbons (Fsp3) is 0.647. The van der Waals surface area contributed by atoms with Crippen LogP contribution in [0.15, 0.2) is 18.2 Å². The highest BCUT2D eigenvalue weighted by atomic mass is 16.5. The van der Waals surface area contributed by atoms with Gasteiger partial charge in [0.1, 0.15) is 5.75 Å². The lowest BCUT2D eigenvalue weighted by Crippen LogP contribution is -2.55. The first-order valence-corrected chi connectivity index (χ1v) is 8.22. The van der Waals surface area contributed by atoms with Crippen LogP contribution in [0.5, 0.6) is 5.75 Å². The first-order chi connectivity index (χ1) is 10.2. The lowest BCUT2D eigenvalue weighted by molar-refractivity contribution is 0.203. The van der Waals surface area contributed by atoms with Crippen molar-refractivity contribution in [2.45, 2.75) is 45.2 Å². The first kappa shape index (κ1) is 14.5. The van der Waals surface area contributed by atoms with Crippen molar-refractivity contribution in [3.63, 3.8) is 0 Å². The van der Waals surface area contributed by atoms with Gasteiger partial charge < -0.3 is 15.4 Å². The lowest BCUT2D eigenvalue weighted by Gasteiger charge is -2.44. The van der Waals surface area contributed by atoms with Crippen LogP contribution in [0.4, 0.5) is 11.4 Å². The highest BCUT2D eigenvalue weighted by Gasteiger charge is 2.35. The second-order valence-corrected chi connectivity index (χ2v) is 6.33. The number of para-hydroxylation sites is 1. The Balaban J connectivity index is 1.82. The van der Waals surface area contributed by atoms with E-state index in [4.69, 9.17) is 10.5 Å². The van der Waals surface area contributed by atoms with Gasteiger partial charge in [-0.15, -0.1) is 0 Å². The molecule has 0 aromatic heterocycles. The number of ether oxygens (including phenoxy) is 1. The Hall–Kier alpha value is -1.42. The highest BCUT2D eigenvalue weighted by molar-refractivity contribution is 5.74. The standard InChI is InChI=1S/C17H27N3O/c1-3-10-21-16-8-4-7-15(17(16)18)20-12-14-6-5-9-19(14)11-13(20)2/h4,7-8,13-14H,3,5-6,9-12,18H2,1-2H3. The van der Waals surface area contributed by atoms with Gasteiger partial charge in [-0.25, -0.2) is 0 Å². The number of piperazine rings is 1. The van der Waals surface area contributed by atoms with Crippen LogP contribution < -0.4 is 15.4 Å². The summed E-state index contributed by atoms with van der Waals surface area (Å²) >= 11 is 0. The van der Waals surface area contributed by atoms with E-state index < -0.39 is 0 Å². The zero-order valence-electron chi connectivity index (χ0n) is 13.2. The zero-order chi connectivity index (χ0) is 14.8. The van der Waals surface area contributed by atoms with Crippen molar-refractivity contribution >= 4 is 11.4 Å². The molecule has 1 aromatic carbocycles. The Labute approximate surface area is 127 Å². The summed E-state index contributed by atoms with van der Waals surface area (Å²) in [6.45, 7) is 8.62. The third kappa shape index (κ3) is 2.82. The summed E-state index contributed by atoms with van der Waals surface area (Å²) in [7, 11) is 0. The van der Waals surface area contributed by atoms with Crippen LogP contribution in [0.25, 0.3) is 0 Å². The number of nitrogens with zero attached hydrogens (tertiary/aromatic N) is 2. The molecule has 0 spiro atoms. The molecule has 2 unspecified atom stereocenters. The zero-order valence-corrected chi connectivity index (χ0v) is 13.2. The smallest absolute Gasteiger partial charge is 0.144 e. The molecule has 116 valence electrons. The Bertz CT molecular complexity index is 491. The van der Waals surface area contributed by atoms with Gasteiger partial charge in [0.15, 0.2) is 0 Å². The van der Waals surface area contributed by atoms with Gasteiger partial charge in [-0.05, 0) is 44.9 Å². The van der Waals surface area contributed by atoms with Crippen molar-refractivity contribution in [2.24, 2.45) is 0 Å². The molecule has 0 radical (unpaired) electrons. The maximum Gasteiger partial charge on any atom is 0.144 e. The van der Waals surface area contributed by atoms with Crippen LogP contribution in [-0.2, 0) is 0 Å². The van der Waals surface area contributed by atoms with Crippen LogP contribution in [0.3, 0.4) is 0 Å². The Morgan fingerprint density at radius 1 is 1.33 bits per heavy atom. The van der Waals surface area contributed by atoms with Crippen molar-refractivity contribution in [1.29, 1.82) is 0 Å². The predicted octanol–water partition coefficient (Wildman–Crippen LogP) is 2.73. The molecule has 0 amide bonds. The van der Waals surface area contributed by atoms with Gasteiger partial charge in [-0.1, -0.05) is 13.0 Å². The molecule has 2 saturated heterocycles. The van der Waals surface area contributed by atoms with Crippen LogP contribution in [0.2, 0.25) is 0 Å². The second-order valence-electron chi connectivity index (χ2n) is 6.33. The van der Waals surface area contributed by atoms with E-state index in [-0.39, 0.29) is 0 Å². The van der Waals surface area contributed by atoms with E-state index in [0.717, 1.165) is 43.2 Å². The van der Waals surface area contributed by atoms with E-state index in [1.807, 2.05) is 6.07 Å². The molecular weight excluding hydrogens is 262 g/mol. The molecule has 0 saturated carbocycles. The van der Waals surface area contributed by atoms with Crippen molar-refractivity contribution < 1.29 is 4.74 Å². The minimum absolute atomic E-state index is 0.503. The number of hydrogen-bond donors (Lipinski definition) is 1. The number of nitrogen functional groups attached to an aromatic ring is 1. The summed E-state index contributed by atoms with van der Waals surface area (Å²) in [5.41, 5.74) is 8.31. The van der Waals surface area contributed by atoms with Gasteiger partial charge in [0, 0.05) is 25.2 Å². The quantitative estimate of drug-likeness (QED) is 0.865. The molecule has 2 aliphatic rings. The van der Waals surface area contributed by atoms with Crippen molar-refractivity contribution in [3.05, 3.63) is 18.2 Å². The minimum Gasteiger partial charge on any atom is -0.491 e. The fourth-order valence-electron chi connectivity index (χ4n) is 3.64. The molecule has 0 aliphatic carbocycles. The largest absolute Gasteiger partial charge is 0.491 e. The molecule has 1 aromatic rings. The summed E-state index contributed by atoms with van der Waals surface area (Å²) in [5.74, 6) is 0.829. The topological polar surface area (TPSA) is 41.7 Å². The SMILES string of the molecule is CCCOc1cccc(N2CC3CCCN3CC2C)c1N. The molecule has 2 aliphatic heterocycles. The Kier molecular flexibility index (Phi) is 4.24. The lowest BCUT2D eigenvalue weighted by atomic mass is 10.1. The molecule has 4 heteroatoms. The summed E-state index contributed by atoms with van der Waals surface area (Å²) < 4.78 is 5.78. The maximum absolute atomic E-state index is 6.37. The van der Waals surface area contributed by atoms with E-state index >= 15 is 0 Å². The molecule has 2 N–H and O–H groups in total. The van der Waals surface area contributed by atoms with Crippen LogP contribution >= 0.6 is 0 Å². The average molecular weight is 289 g/mol. The molecule has 4 nitrogen and oxygen atoms in total. The van der Waals surface area contributed by atoms with Gasteiger partial charge in [-0.2, -0.15) is 0 Å². The number of rotatable bonds is 4. The highest BCUT2D eigenvalue weighted by Crippen LogP contribution is 2.36. The van der Waals surface area contributed by atoms with E-state index in [2.05, 4.69) is 35.8 Å². The molecule has 3 rings (SSSR count). The fourth-order valence-corrected chi connectivity index (χ4v) is 3.64. The molecule has 2 atom stereocenters. The predicted molar refractivity (Wildman–Crippen MR) is 88.0 cm³/mol. The third-order valence-corrected chi connectivity index (χ3v) is 4.75. The van der Waals surface area contributed by atoms with Crippen molar-refractivity contribution in [1.82, 2.24) is 4.90 Å². The van der Waals surface area contributed by atoms with E-state index in [1.54, 1.807) is 0 Å². The van der Waals surface area contributed by atoms with Gasteiger partial charge >= 0.3 is 0 Å². The molecular formula is C17H27N3O. The van der Waals surface area contributed by atoms with Crippen LogP contribution in [0, 0.1) is 0 Å². The van der Waals surface area contributed by atoms with Crippen LogP contribution in [-0.4, -0.2) is 43.2 Å². The average Bonchev–Trinajstić information content (AvgIpc) is 2.92. The summed E-state index contributed by atoms with van der Waals surface area (Å²) in [6, 6.07) is 7.37. The van der Waals surface area contributed by atoms with Crippen LogP contribution in [0.1, 0.15) is 33.1 Å². The van der Waals surface area contributed by atoms with Crippen molar-refractivity contribution in [3.8, 4) is 5.75 Å². The monoisotopic (exact) mass is 289 g/mol. The van der Waals surface area contributed by atoms with Gasteiger partial charge in [-0.3, -0.25) is 4.90 Å². The maximum atomic E-state index is 6.37. The van der Waals surface area contributed by atoms with Crippen molar-refractivity contribution in [2.75, 3.05) is 36.9 Å². The number of hydrogen-bond acceptors (Lipinski definition) is 4. The molecule has 2 heterocycles. The normalized spacial score (nSPS) is 25.9. The summed E-state index contributed by atoms with van der Waals surface area (Å²) in [5, 5.41) is 0. The Morgan fingerprint density at radius 3 is 3.00 bits per heavy atom. The van der Waals surface area contributed by atoms with Gasteiger partial charge in [0.25, 0.3) is 0 Å². The molecule has 21 heavy (non-hydrogen) atoms. The number of benzene rings is 1. The Morgan fingerprint density at radius 2 is 2.19 bits per heavy atom. The molecule has 0 bridgehead atoms. The number of fused-ring (bicyclic) bond motifs is 1. The summed E-state index contributed by atoms with van der Waals surface area (Å²) in [6.07, 6.45) is 3.65. The van der Waals surface area contributed by atoms with Gasteiger partial charge in [0.2, 0.25) is 0 Å². The second kappa shape index (κ2) is 6.14. The number of anilines is 2. The van der Waals surface area contributed by atoms with E-state index in [9.17, 15) is 0 Å². The number of nitrogens with two attached hydrogens (primary N) is 1. The first-order valence-electron chi connectivity index (χ1n) is 8.22. The molecule has 2 fully saturated rings. The van der Waals surface area contributed by atoms with E-state index in [1.165, 1.54) is 19.4 Å². The minimum atomic E-state index is 0.503. The third-order valence-electron chi connectivity index (χ3n) is 4.75. The van der Waals surface area contributed by atoms with Gasteiger partial charge in [0.05, 0.1) is 18.0 Å². The van der Waals surface area contributed by atoms with E-state index in [0.29, 0.717) is 12.1 Å². The summed E-state index contributed by atoms with van der Waals surface area (Å²) in [4.78, 5) is 5.11.